The van der Waals surface area contributed by atoms with Gasteiger partial charge in [0.2, 0.25) is 5.91 Å². The van der Waals surface area contributed by atoms with Gasteiger partial charge in [0.25, 0.3) is 5.91 Å². The van der Waals surface area contributed by atoms with Gasteiger partial charge in [0.15, 0.2) is 0 Å². The van der Waals surface area contributed by atoms with Crippen LogP contribution in [0.4, 0.5) is 17.1 Å². The second-order valence-corrected chi connectivity index (χ2v) is 8.59. The number of carbonyl (C=O) groups excluding carboxylic acids is 2. The molecule has 3 N–H and O–H groups in total. The van der Waals surface area contributed by atoms with Gasteiger partial charge >= 0.3 is 0 Å². The Morgan fingerprint density at radius 1 is 0.771 bits per heavy atom. The third-order valence-corrected chi connectivity index (χ3v) is 5.53. The fourth-order valence-electron chi connectivity index (χ4n) is 3.58. The van der Waals surface area contributed by atoms with Gasteiger partial charge in [-0.2, -0.15) is 0 Å². The summed E-state index contributed by atoms with van der Waals surface area (Å²) in [4.78, 5) is 24.7. The zero-order chi connectivity index (χ0) is 24.9. The summed E-state index contributed by atoms with van der Waals surface area (Å²) in [6.45, 7) is 5.01. The van der Waals surface area contributed by atoms with Crippen molar-refractivity contribution in [3.63, 3.8) is 0 Å². The van der Waals surface area contributed by atoms with Crippen LogP contribution in [0.15, 0.2) is 72.8 Å². The van der Waals surface area contributed by atoms with Crippen molar-refractivity contribution in [1.29, 1.82) is 0 Å². The lowest BCUT2D eigenvalue weighted by atomic mass is 10.1. The van der Waals surface area contributed by atoms with Crippen LogP contribution in [0.3, 0.4) is 0 Å². The highest BCUT2D eigenvalue weighted by Gasteiger charge is 2.07. The Kier molecular flexibility index (Phi) is 10.2. The molecule has 0 heterocycles. The van der Waals surface area contributed by atoms with Gasteiger partial charge in [-0.05, 0) is 74.0 Å². The maximum absolute atomic E-state index is 12.4. The topological polar surface area (TPSA) is 79.5 Å². The van der Waals surface area contributed by atoms with Crippen molar-refractivity contribution < 1.29 is 14.3 Å². The van der Waals surface area contributed by atoms with Crippen molar-refractivity contribution in [2.45, 2.75) is 46.0 Å². The molecule has 0 aliphatic rings. The lowest BCUT2D eigenvalue weighted by molar-refractivity contribution is -0.114. The average molecular weight is 474 g/mol. The number of benzene rings is 3. The Hall–Kier alpha value is -3.80. The molecule has 3 aromatic carbocycles. The normalized spacial score (nSPS) is 10.5. The Balaban J connectivity index is 1.38. The molecule has 0 unspecified atom stereocenters. The van der Waals surface area contributed by atoms with E-state index in [0.29, 0.717) is 17.9 Å². The fraction of sp³-hybridized carbons (Fsp3) is 0.310. The van der Waals surface area contributed by atoms with E-state index in [-0.39, 0.29) is 18.4 Å². The second kappa shape index (κ2) is 13.8. The van der Waals surface area contributed by atoms with E-state index in [2.05, 4.69) is 22.9 Å². The number of anilines is 3. The van der Waals surface area contributed by atoms with Crippen molar-refractivity contribution in [3.8, 4) is 5.75 Å². The van der Waals surface area contributed by atoms with Gasteiger partial charge in [0, 0.05) is 22.6 Å². The van der Waals surface area contributed by atoms with E-state index >= 15 is 0 Å². The molecule has 0 saturated heterocycles. The molecular formula is C29H35N3O3. The molecule has 0 aromatic heterocycles. The van der Waals surface area contributed by atoms with Crippen LogP contribution < -0.4 is 20.7 Å². The monoisotopic (exact) mass is 473 g/mol. The number of ether oxygens (including phenoxy) is 1. The molecule has 0 bridgehead atoms. The van der Waals surface area contributed by atoms with E-state index in [9.17, 15) is 9.59 Å². The minimum atomic E-state index is -0.155. The molecule has 6 heteroatoms. The molecule has 3 aromatic rings. The molecule has 0 aliphatic carbocycles. The van der Waals surface area contributed by atoms with E-state index in [0.717, 1.165) is 29.1 Å². The van der Waals surface area contributed by atoms with Gasteiger partial charge in [0.05, 0.1) is 13.2 Å². The first kappa shape index (κ1) is 25.8. The van der Waals surface area contributed by atoms with Crippen molar-refractivity contribution >= 4 is 28.9 Å². The lowest BCUT2D eigenvalue weighted by Crippen LogP contribution is -2.21. The predicted octanol–water partition coefficient (Wildman–Crippen LogP) is 6.65. The van der Waals surface area contributed by atoms with Crippen molar-refractivity contribution in [2.24, 2.45) is 0 Å². The molecule has 0 fully saturated rings. The quantitative estimate of drug-likeness (QED) is 0.243. The number of hydrogen-bond donors (Lipinski definition) is 3. The second-order valence-electron chi connectivity index (χ2n) is 8.59. The minimum absolute atomic E-state index is 0.130. The van der Waals surface area contributed by atoms with Crippen LogP contribution in [-0.4, -0.2) is 25.0 Å². The molecule has 2 amide bonds. The number of aryl methyl sites for hydroxylation is 1. The Labute approximate surface area is 208 Å². The van der Waals surface area contributed by atoms with E-state index in [1.54, 1.807) is 18.2 Å². The first-order valence-corrected chi connectivity index (χ1v) is 12.3. The summed E-state index contributed by atoms with van der Waals surface area (Å²) >= 11 is 0. The van der Waals surface area contributed by atoms with Gasteiger partial charge in [-0.15, -0.1) is 0 Å². The van der Waals surface area contributed by atoms with E-state index in [4.69, 9.17) is 4.74 Å². The Morgan fingerprint density at radius 3 is 2.14 bits per heavy atom. The van der Waals surface area contributed by atoms with Gasteiger partial charge in [-0.3, -0.25) is 9.59 Å². The molecule has 0 aliphatic heterocycles. The van der Waals surface area contributed by atoms with Crippen LogP contribution in [0.5, 0.6) is 5.75 Å². The van der Waals surface area contributed by atoms with Crippen LogP contribution in [0.25, 0.3) is 0 Å². The minimum Gasteiger partial charge on any atom is -0.494 e. The molecule has 184 valence electrons. The smallest absolute Gasteiger partial charge is 0.255 e. The van der Waals surface area contributed by atoms with Crippen LogP contribution in [0.1, 0.15) is 54.9 Å². The number of amides is 2. The van der Waals surface area contributed by atoms with E-state index in [1.165, 1.54) is 25.7 Å². The first-order chi connectivity index (χ1) is 17.0. The summed E-state index contributed by atoms with van der Waals surface area (Å²) in [7, 11) is 0. The first-order valence-electron chi connectivity index (χ1n) is 12.3. The van der Waals surface area contributed by atoms with E-state index < -0.39 is 0 Å². The predicted molar refractivity (Wildman–Crippen MR) is 143 cm³/mol. The third kappa shape index (κ3) is 9.16. The zero-order valence-corrected chi connectivity index (χ0v) is 20.6. The summed E-state index contributed by atoms with van der Waals surface area (Å²) in [5.74, 6) is 0.509. The molecular weight excluding hydrogens is 438 g/mol. The lowest BCUT2D eigenvalue weighted by Gasteiger charge is -2.10. The highest BCUT2D eigenvalue weighted by Crippen LogP contribution is 2.17. The molecule has 3 rings (SSSR count). The SMILES string of the molecule is CCCCCCCOc1ccc(NC(=O)CNc2ccc(NC(=O)c3cccc(C)c3)cc2)cc1. The largest absolute Gasteiger partial charge is 0.494 e. The molecule has 35 heavy (non-hydrogen) atoms. The van der Waals surface area contributed by atoms with Crippen molar-refractivity contribution in [2.75, 3.05) is 29.1 Å². The number of unbranched alkanes of at least 4 members (excludes halogenated alkanes) is 4. The summed E-state index contributed by atoms with van der Waals surface area (Å²) in [5.41, 5.74) is 3.85. The molecule has 0 atom stereocenters. The van der Waals surface area contributed by atoms with Gasteiger partial charge in [-0.25, -0.2) is 0 Å². The molecule has 0 radical (unpaired) electrons. The highest BCUT2D eigenvalue weighted by molar-refractivity contribution is 6.04. The van der Waals surface area contributed by atoms with Gasteiger partial charge in [0.1, 0.15) is 5.75 Å². The Bertz CT molecular complexity index is 1080. The van der Waals surface area contributed by atoms with Gasteiger partial charge in [-0.1, -0.05) is 50.3 Å². The van der Waals surface area contributed by atoms with Crippen LogP contribution in [0.2, 0.25) is 0 Å². The summed E-state index contributed by atoms with van der Waals surface area (Å²) in [5, 5.41) is 8.85. The number of carbonyl (C=O) groups is 2. The maximum Gasteiger partial charge on any atom is 0.255 e. The maximum atomic E-state index is 12.4. The fourth-order valence-corrected chi connectivity index (χ4v) is 3.58. The van der Waals surface area contributed by atoms with Gasteiger partial charge < -0.3 is 20.7 Å². The van der Waals surface area contributed by atoms with Crippen LogP contribution in [-0.2, 0) is 4.79 Å². The average Bonchev–Trinajstić information content (AvgIpc) is 2.86. The molecule has 0 saturated carbocycles. The van der Waals surface area contributed by atoms with Crippen LogP contribution >= 0.6 is 0 Å². The molecule has 0 spiro atoms. The van der Waals surface area contributed by atoms with Crippen molar-refractivity contribution in [3.05, 3.63) is 83.9 Å². The van der Waals surface area contributed by atoms with E-state index in [1.807, 2.05) is 61.5 Å². The zero-order valence-electron chi connectivity index (χ0n) is 20.6. The standard InChI is InChI=1S/C29H35N3O3/c1-3-4-5-6-7-19-35-27-17-15-25(16-18-27)31-28(33)21-30-24-11-13-26(14-12-24)32-29(34)23-10-8-9-22(2)20-23/h8-18,20,30H,3-7,19,21H2,1-2H3,(H,31,33)(H,32,34). The number of rotatable bonds is 13. The summed E-state index contributed by atoms with van der Waals surface area (Å²) in [6, 6.07) is 22.1. The summed E-state index contributed by atoms with van der Waals surface area (Å²) in [6.07, 6.45) is 6.03. The number of hydrogen-bond acceptors (Lipinski definition) is 4. The highest BCUT2D eigenvalue weighted by atomic mass is 16.5. The summed E-state index contributed by atoms with van der Waals surface area (Å²) < 4.78 is 5.76. The van der Waals surface area contributed by atoms with Crippen LogP contribution in [0, 0.1) is 6.92 Å². The number of nitrogens with one attached hydrogen (secondary N) is 3. The molecule has 6 nitrogen and oxygen atoms in total. The third-order valence-electron chi connectivity index (χ3n) is 5.53. The van der Waals surface area contributed by atoms with Crippen molar-refractivity contribution in [1.82, 2.24) is 0 Å². The Morgan fingerprint density at radius 2 is 1.43 bits per heavy atom.